The Morgan fingerprint density at radius 3 is 2.41 bits per heavy atom. The molecule has 17 heavy (non-hydrogen) atoms. The summed E-state index contributed by atoms with van der Waals surface area (Å²) in [5, 5.41) is 8.98. The fourth-order valence-corrected chi connectivity index (χ4v) is 1.45. The first-order valence-corrected chi connectivity index (χ1v) is 4.92. The number of esters is 1. The zero-order valence-corrected chi connectivity index (χ0v) is 9.76. The molecule has 6 heteroatoms. The maximum Gasteiger partial charge on any atom is 0.352 e. The standard InChI is InChI=1S/C11H13NO5/c1-6(11(16)17-3)12-5-8(7(2)13)4-9(12)10(14)15/h4-6H,1-3H3,(H,14,15). The van der Waals surface area contributed by atoms with Crippen LogP contribution in [0.15, 0.2) is 12.3 Å². The van der Waals surface area contributed by atoms with Crippen LogP contribution in [0, 0.1) is 0 Å². The molecule has 1 aromatic heterocycles. The lowest BCUT2D eigenvalue weighted by atomic mass is 10.2. The fraction of sp³-hybridized carbons (Fsp3) is 0.364. The summed E-state index contributed by atoms with van der Waals surface area (Å²) in [6.45, 7) is 2.83. The lowest BCUT2D eigenvalue weighted by Crippen LogP contribution is -2.20. The first-order chi connectivity index (χ1) is 7.88. The van der Waals surface area contributed by atoms with E-state index in [0.717, 1.165) is 0 Å². The highest BCUT2D eigenvalue weighted by Gasteiger charge is 2.23. The smallest absolute Gasteiger partial charge is 0.352 e. The summed E-state index contributed by atoms with van der Waals surface area (Å²) in [4.78, 5) is 33.5. The zero-order chi connectivity index (χ0) is 13.2. The van der Waals surface area contributed by atoms with Crippen molar-refractivity contribution >= 4 is 17.7 Å². The maximum atomic E-state index is 11.3. The van der Waals surface area contributed by atoms with Crippen molar-refractivity contribution in [1.29, 1.82) is 0 Å². The Kier molecular flexibility index (Phi) is 3.67. The Morgan fingerprint density at radius 1 is 1.41 bits per heavy atom. The second-order valence-corrected chi connectivity index (χ2v) is 3.58. The number of hydrogen-bond acceptors (Lipinski definition) is 4. The third-order valence-electron chi connectivity index (χ3n) is 2.43. The minimum absolute atomic E-state index is 0.117. The molecule has 1 N–H and O–H groups in total. The molecule has 0 radical (unpaired) electrons. The molecule has 0 amide bonds. The third-order valence-corrected chi connectivity index (χ3v) is 2.43. The highest BCUT2D eigenvalue weighted by atomic mass is 16.5. The Balaban J connectivity index is 3.26. The van der Waals surface area contributed by atoms with Gasteiger partial charge in [-0.1, -0.05) is 0 Å². The fourth-order valence-electron chi connectivity index (χ4n) is 1.45. The number of carbonyl (C=O) groups is 3. The summed E-state index contributed by atoms with van der Waals surface area (Å²) in [6.07, 6.45) is 1.34. The second-order valence-electron chi connectivity index (χ2n) is 3.58. The van der Waals surface area contributed by atoms with Crippen LogP contribution in [0.4, 0.5) is 0 Å². The van der Waals surface area contributed by atoms with E-state index in [4.69, 9.17) is 5.11 Å². The van der Waals surface area contributed by atoms with Crippen LogP contribution in [0.25, 0.3) is 0 Å². The molecule has 1 rings (SSSR count). The lowest BCUT2D eigenvalue weighted by Gasteiger charge is -2.12. The molecule has 1 aromatic rings. The molecule has 1 heterocycles. The van der Waals surface area contributed by atoms with Crippen molar-refractivity contribution in [1.82, 2.24) is 4.57 Å². The Bertz CT molecular complexity index is 474. The van der Waals surface area contributed by atoms with Crippen molar-refractivity contribution in [3.05, 3.63) is 23.5 Å². The molecule has 1 atom stereocenters. The second kappa shape index (κ2) is 4.82. The normalized spacial score (nSPS) is 11.9. The van der Waals surface area contributed by atoms with Crippen LogP contribution in [-0.4, -0.2) is 34.5 Å². The van der Waals surface area contributed by atoms with Crippen LogP contribution >= 0.6 is 0 Å². The zero-order valence-electron chi connectivity index (χ0n) is 9.76. The van der Waals surface area contributed by atoms with Gasteiger partial charge >= 0.3 is 11.9 Å². The Morgan fingerprint density at radius 2 is 2.00 bits per heavy atom. The number of rotatable bonds is 4. The molecule has 0 aliphatic rings. The molecule has 0 aliphatic carbocycles. The first kappa shape index (κ1) is 13.0. The molecular formula is C11H13NO5. The predicted molar refractivity (Wildman–Crippen MR) is 58.1 cm³/mol. The van der Waals surface area contributed by atoms with Gasteiger partial charge in [-0.2, -0.15) is 0 Å². The summed E-state index contributed by atoms with van der Waals surface area (Å²) in [5.41, 5.74) is 0.131. The maximum absolute atomic E-state index is 11.3. The van der Waals surface area contributed by atoms with Crippen molar-refractivity contribution in [3.63, 3.8) is 0 Å². The Hall–Kier alpha value is -2.11. The summed E-state index contributed by atoms with van der Waals surface area (Å²) in [7, 11) is 1.22. The van der Waals surface area contributed by atoms with Gasteiger partial charge in [0, 0.05) is 11.8 Å². The predicted octanol–water partition coefficient (Wildman–Crippen LogP) is 1.12. The molecule has 0 aliphatic heterocycles. The van der Waals surface area contributed by atoms with E-state index in [-0.39, 0.29) is 17.0 Å². The van der Waals surface area contributed by atoms with Crippen LogP contribution in [0.1, 0.15) is 40.7 Å². The van der Waals surface area contributed by atoms with Gasteiger partial charge in [-0.3, -0.25) is 4.79 Å². The molecule has 0 bridgehead atoms. The van der Waals surface area contributed by atoms with E-state index in [1.807, 2.05) is 0 Å². The number of Topliss-reactive ketones (excluding diaryl/α,β-unsaturated/α-hetero) is 1. The van der Waals surface area contributed by atoms with Gasteiger partial charge in [0.15, 0.2) is 5.78 Å². The molecule has 0 saturated heterocycles. The minimum Gasteiger partial charge on any atom is -0.477 e. The van der Waals surface area contributed by atoms with Gasteiger partial charge in [0.25, 0.3) is 0 Å². The van der Waals surface area contributed by atoms with Gasteiger partial charge in [-0.05, 0) is 19.9 Å². The van der Waals surface area contributed by atoms with E-state index < -0.39 is 18.0 Å². The van der Waals surface area contributed by atoms with Gasteiger partial charge < -0.3 is 14.4 Å². The van der Waals surface area contributed by atoms with Crippen molar-refractivity contribution in [2.45, 2.75) is 19.9 Å². The first-order valence-electron chi connectivity index (χ1n) is 4.92. The third kappa shape index (κ3) is 2.52. The molecule has 92 valence electrons. The molecule has 0 fully saturated rings. The SMILES string of the molecule is COC(=O)C(C)n1cc(C(C)=O)cc1C(=O)O. The number of carboxylic acid groups (broad SMARTS) is 1. The van der Waals surface area contributed by atoms with E-state index in [1.165, 1.54) is 37.8 Å². The quantitative estimate of drug-likeness (QED) is 0.628. The van der Waals surface area contributed by atoms with Crippen LogP contribution in [-0.2, 0) is 9.53 Å². The molecule has 0 spiro atoms. The van der Waals surface area contributed by atoms with E-state index in [1.54, 1.807) is 0 Å². The van der Waals surface area contributed by atoms with Crippen molar-refractivity contribution in [2.24, 2.45) is 0 Å². The summed E-state index contributed by atoms with van der Waals surface area (Å²) in [6, 6.07) is 0.448. The molecule has 0 aromatic carbocycles. The van der Waals surface area contributed by atoms with Gasteiger partial charge in [0.1, 0.15) is 11.7 Å². The number of carbonyl (C=O) groups excluding carboxylic acids is 2. The van der Waals surface area contributed by atoms with Crippen molar-refractivity contribution in [2.75, 3.05) is 7.11 Å². The van der Waals surface area contributed by atoms with E-state index in [2.05, 4.69) is 4.74 Å². The average Bonchev–Trinajstić information content (AvgIpc) is 2.71. The highest BCUT2D eigenvalue weighted by Crippen LogP contribution is 2.17. The number of aromatic carboxylic acids is 1. The molecule has 6 nitrogen and oxygen atoms in total. The van der Waals surface area contributed by atoms with Gasteiger partial charge in [-0.15, -0.1) is 0 Å². The van der Waals surface area contributed by atoms with Crippen LogP contribution < -0.4 is 0 Å². The monoisotopic (exact) mass is 239 g/mol. The lowest BCUT2D eigenvalue weighted by molar-refractivity contribution is -0.144. The van der Waals surface area contributed by atoms with Crippen LogP contribution in [0.5, 0.6) is 0 Å². The van der Waals surface area contributed by atoms with Gasteiger partial charge in [-0.25, -0.2) is 9.59 Å². The number of hydrogen-bond donors (Lipinski definition) is 1. The summed E-state index contributed by atoms with van der Waals surface area (Å²) >= 11 is 0. The van der Waals surface area contributed by atoms with Crippen molar-refractivity contribution in [3.8, 4) is 0 Å². The number of aromatic nitrogens is 1. The number of ether oxygens (including phenoxy) is 1. The average molecular weight is 239 g/mol. The summed E-state index contributed by atoms with van der Waals surface area (Å²) in [5.74, 6) is -2.03. The number of carboxylic acids is 1. The van der Waals surface area contributed by atoms with E-state index in [9.17, 15) is 14.4 Å². The van der Waals surface area contributed by atoms with E-state index >= 15 is 0 Å². The largest absolute Gasteiger partial charge is 0.477 e. The molecule has 0 saturated carbocycles. The summed E-state index contributed by atoms with van der Waals surface area (Å²) < 4.78 is 5.75. The van der Waals surface area contributed by atoms with Crippen LogP contribution in [0.3, 0.4) is 0 Å². The van der Waals surface area contributed by atoms with E-state index in [0.29, 0.717) is 0 Å². The van der Waals surface area contributed by atoms with Crippen molar-refractivity contribution < 1.29 is 24.2 Å². The Labute approximate surface area is 97.8 Å². The topological polar surface area (TPSA) is 85.6 Å². The van der Waals surface area contributed by atoms with Crippen LogP contribution in [0.2, 0.25) is 0 Å². The molecule has 1 unspecified atom stereocenters. The number of ketones is 1. The molecular weight excluding hydrogens is 226 g/mol. The van der Waals surface area contributed by atoms with Gasteiger partial charge in [0.05, 0.1) is 7.11 Å². The van der Waals surface area contributed by atoms with Gasteiger partial charge in [0.2, 0.25) is 0 Å². The highest BCUT2D eigenvalue weighted by molar-refractivity contribution is 5.97. The minimum atomic E-state index is -1.20. The number of nitrogens with zero attached hydrogens (tertiary/aromatic N) is 1. The number of methoxy groups -OCH3 is 1.